The fraction of sp³-hybridized carbons (Fsp3) is 0.500. The highest BCUT2D eigenvalue weighted by Gasteiger charge is 2.34. The van der Waals surface area contributed by atoms with Crippen LogP contribution in [-0.4, -0.2) is 66.8 Å². The number of benzene rings is 1. The maximum atomic E-state index is 15.1. The molecule has 1 saturated heterocycles. The molecule has 1 atom stereocenters. The monoisotopic (exact) mass is 490 g/mol. The van der Waals surface area contributed by atoms with Crippen LogP contribution in [0.4, 0.5) is 20.7 Å². The molecule has 182 valence electrons. The maximum absolute atomic E-state index is 15.1. The second kappa shape index (κ2) is 8.75. The minimum absolute atomic E-state index is 0.0225. The number of rotatable bonds is 5. The third-order valence-electron chi connectivity index (χ3n) is 6.22. The van der Waals surface area contributed by atoms with E-state index in [2.05, 4.69) is 20.5 Å². The van der Waals surface area contributed by atoms with Gasteiger partial charge in [0.15, 0.2) is 5.82 Å². The number of halogens is 1. The van der Waals surface area contributed by atoms with E-state index >= 15 is 4.39 Å². The number of amides is 2. The first-order valence-corrected chi connectivity index (χ1v) is 13.1. The Kier molecular flexibility index (Phi) is 5.90. The van der Waals surface area contributed by atoms with E-state index in [0.29, 0.717) is 37.0 Å². The van der Waals surface area contributed by atoms with Crippen molar-refractivity contribution >= 4 is 27.6 Å². The molecule has 1 unspecified atom stereocenters. The highest BCUT2D eigenvalue weighted by Crippen LogP contribution is 2.35. The molecule has 3 aliphatic rings. The molecule has 1 aliphatic carbocycles. The Balaban J connectivity index is 1.49. The molecule has 2 fully saturated rings. The zero-order chi connectivity index (χ0) is 24.0. The summed E-state index contributed by atoms with van der Waals surface area (Å²) in [5.41, 5.74) is 1.80. The molecule has 5 rings (SSSR count). The van der Waals surface area contributed by atoms with E-state index in [1.54, 1.807) is 6.07 Å². The highest BCUT2D eigenvalue weighted by molar-refractivity contribution is 7.88. The molecule has 0 bridgehead atoms. The van der Waals surface area contributed by atoms with E-state index in [-0.39, 0.29) is 42.6 Å². The minimum Gasteiger partial charge on any atom is -0.377 e. The van der Waals surface area contributed by atoms with Crippen LogP contribution < -0.4 is 15.5 Å². The number of ether oxygens (including phenoxy) is 1. The van der Waals surface area contributed by atoms with Crippen LogP contribution in [-0.2, 0) is 27.8 Å². The number of anilines is 2. The van der Waals surface area contributed by atoms with Crippen LogP contribution in [0.1, 0.15) is 31.0 Å². The van der Waals surface area contributed by atoms with Crippen LogP contribution >= 0.6 is 0 Å². The average Bonchev–Trinajstić information content (AvgIpc) is 3.46. The summed E-state index contributed by atoms with van der Waals surface area (Å²) in [7, 11) is -3.44. The molecule has 2 aromatic rings. The van der Waals surface area contributed by atoms with Gasteiger partial charge in [-0.15, -0.1) is 0 Å². The number of sulfonamides is 1. The second-order valence-corrected chi connectivity index (χ2v) is 11.0. The van der Waals surface area contributed by atoms with Crippen molar-refractivity contribution in [3.05, 3.63) is 35.3 Å². The molecule has 34 heavy (non-hydrogen) atoms. The van der Waals surface area contributed by atoms with Crippen LogP contribution in [0.5, 0.6) is 0 Å². The Labute approximate surface area is 197 Å². The molecule has 1 aromatic heterocycles. The van der Waals surface area contributed by atoms with Gasteiger partial charge >= 0.3 is 6.03 Å². The molecular formula is C22H27FN6O4S. The lowest BCUT2D eigenvalue weighted by molar-refractivity contribution is 0.0984. The van der Waals surface area contributed by atoms with Gasteiger partial charge in [0.2, 0.25) is 10.0 Å². The van der Waals surface area contributed by atoms with Crippen LogP contribution in [0.3, 0.4) is 0 Å². The normalized spacial score (nSPS) is 20.8. The molecule has 0 radical (unpaired) electrons. The number of aromatic nitrogens is 2. The third-order valence-corrected chi connectivity index (χ3v) is 7.42. The van der Waals surface area contributed by atoms with Crippen LogP contribution in [0.25, 0.3) is 11.4 Å². The summed E-state index contributed by atoms with van der Waals surface area (Å²) in [5.74, 6) is 0.199. The van der Waals surface area contributed by atoms with Gasteiger partial charge in [0.1, 0.15) is 11.6 Å². The van der Waals surface area contributed by atoms with Crippen molar-refractivity contribution in [3.63, 3.8) is 0 Å². The van der Waals surface area contributed by atoms with E-state index in [4.69, 9.17) is 9.72 Å². The minimum atomic E-state index is -3.44. The predicted octanol–water partition coefficient (Wildman–Crippen LogP) is 2.07. The van der Waals surface area contributed by atoms with Gasteiger partial charge in [0.05, 0.1) is 43.3 Å². The first kappa shape index (κ1) is 22.9. The molecule has 10 nitrogen and oxygen atoms in total. The van der Waals surface area contributed by atoms with Gasteiger partial charge in [0, 0.05) is 30.4 Å². The largest absolute Gasteiger partial charge is 0.377 e. The van der Waals surface area contributed by atoms with Gasteiger partial charge < -0.3 is 20.3 Å². The zero-order valence-electron chi connectivity index (χ0n) is 19.0. The summed E-state index contributed by atoms with van der Waals surface area (Å²) in [6.07, 6.45) is 3.07. The van der Waals surface area contributed by atoms with Crippen LogP contribution in [0.15, 0.2) is 18.2 Å². The van der Waals surface area contributed by atoms with E-state index in [1.165, 1.54) is 16.4 Å². The zero-order valence-corrected chi connectivity index (χ0v) is 19.9. The number of carbonyl (C=O) groups excluding carboxylic acids is 1. The molecule has 12 heteroatoms. The van der Waals surface area contributed by atoms with Crippen molar-refractivity contribution in [2.75, 3.05) is 36.2 Å². The molecule has 2 amide bonds. The molecule has 2 aliphatic heterocycles. The Morgan fingerprint density at radius 2 is 2.03 bits per heavy atom. The third kappa shape index (κ3) is 4.70. The quantitative estimate of drug-likeness (QED) is 0.659. The number of hydrogen-bond acceptors (Lipinski definition) is 7. The number of carbonyl (C=O) groups is 1. The van der Waals surface area contributed by atoms with E-state index < -0.39 is 15.8 Å². The molecule has 3 heterocycles. The predicted molar refractivity (Wildman–Crippen MR) is 124 cm³/mol. The van der Waals surface area contributed by atoms with Gasteiger partial charge in [-0.1, -0.05) is 0 Å². The smallest absolute Gasteiger partial charge is 0.319 e. The molecular weight excluding hydrogens is 463 g/mol. The van der Waals surface area contributed by atoms with Gasteiger partial charge in [-0.05, 0) is 38.0 Å². The number of nitrogens with one attached hydrogen (secondary N) is 2. The molecule has 0 spiro atoms. The van der Waals surface area contributed by atoms with Gasteiger partial charge in [-0.25, -0.2) is 27.6 Å². The summed E-state index contributed by atoms with van der Waals surface area (Å²) in [5, 5.41) is 5.43. The van der Waals surface area contributed by atoms with Crippen molar-refractivity contribution in [2.45, 2.75) is 44.9 Å². The summed E-state index contributed by atoms with van der Waals surface area (Å²) < 4.78 is 46.4. The number of morpholine rings is 1. The van der Waals surface area contributed by atoms with Crippen LogP contribution in [0.2, 0.25) is 0 Å². The fourth-order valence-corrected chi connectivity index (χ4v) is 4.92. The Morgan fingerprint density at radius 1 is 1.24 bits per heavy atom. The Hall–Kier alpha value is -2.83. The molecule has 1 aromatic carbocycles. The van der Waals surface area contributed by atoms with Crippen molar-refractivity contribution in [1.82, 2.24) is 19.6 Å². The topological polar surface area (TPSA) is 117 Å². The Bertz CT molecular complexity index is 1240. The standard InChI is InChI=1S/C22H27FN6O4S/c1-13-12-33-8-7-29(13)21-17-10-28(34(2,31)32)11-19(17)26-20(27-21)16-6-5-15(9-18(16)23)25-22(30)24-14-3-4-14/h5-6,9,13-14H,3-4,7-8,10-12H2,1-2H3,(H2,24,25,30). The maximum Gasteiger partial charge on any atom is 0.319 e. The van der Waals surface area contributed by atoms with E-state index in [9.17, 15) is 13.2 Å². The number of urea groups is 1. The van der Waals surface area contributed by atoms with Crippen molar-refractivity contribution < 1.29 is 22.3 Å². The molecule has 1 saturated carbocycles. The molecule has 2 N–H and O–H groups in total. The van der Waals surface area contributed by atoms with Crippen LogP contribution in [0, 0.1) is 5.82 Å². The highest BCUT2D eigenvalue weighted by atomic mass is 32.2. The summed E-state index contributed by atoms with van der Waals surface area (Å²) >= 11 is 0. The first-order valence-electron chi connectivity index (χ1n) is 11.3. The number of hydrogen-bond donors (Lipinski definition) is 2. The lowest BCUT2D eigenvalue weighted by Crippen LogP contribution is -2.44. The fourth-order valence-electron chi connectivity index (χ4n) is 4.20. The van der Waals surface area contributed by atoms with Crippen molar-refractivity contribution in [1.29, 1.82) is 0 Å². The first-order chi connectivity index (χ1) is 16.2. The average molecular weight is 491 g/mol. The van der Waals surface area contributed by atoms with Gasteiger partial charge in [-0.2, -0.15) is 4.31 Å². The summed E-state index contributed by atoms with van der Waals surface area (Å²) in [6.45, 7) is 3.91. The van der Waals surface area contributed by atoms with Crippen molar-refractivity contribution in [2.24, 2.45) is 0 Å². The lowest BCUT2D eigenvalue weighted by atomic mass is 10.1. The van der Waals surface area contributed by atoms with E-state index in [1.807, 2.05) is 6.92 Å². The Morgan fingerprint density at radius 3 is 2.71 bits per heavy atom. The lowest BCUT2D eigenvalue weighted by Gasteiger charge is -2.35. The summed E-state index contributed by atoms with van der Waals surface area (Å²) in [4.78, 5) is 23.3. The number of nitrogens with zero attached hydrogens (tertiary/aromatic N) is 4. The summed E-state index contributed by atoms with van der Waals surface area (Å²) in [6, 6.07) is 4.21. The van der Waals surface area contributed by atoms with Gasteiger partial charge in [0.25, 0.3) is 0 Å². The SMILES string of the molecule is CC1COCCN1c1nc(-c2ccc(NC(=O)NC3CC3)cc2F)nc2c1CN(S(C)(=O)=O)C2. The van der Waals surface area contributed by atoms with E-state index in [0.717, 1.165) is 24.7 Å². The number of fused-ring (bicyclic) bond motifs is 1. The van der Waals surface area contributed by atoms with Crippen molar-refractivity contribution in [3.8, 4) is 11.4 Å². The second-order valence-electron chi connectivity index (χ2n) is 9.01. The van der Waals surface area contributed by atoms with Gasteiger partial charge in [-0.3, -0.25) is 0 Å².